The minimum absolute atomic E-state index is 0.0337. The molecule has 2 aromatic rings. The predicted octanol–water partition coefficient (Wildman–Crippen LogP) is 2.70. The van der Waals surface area contributed by atoms with Gasteiger partial charge in [-0.25, -0.2) is 9.67 Å². The first-order valence-corrected chi connectivity index (χ1v) is 7.71. The fourth-order valence-corrected chi connectivity index (χ4v) is 2.95. The van der Waals surface area contributed by atoms with Crippen molar-refractivity contribution in [3.05, 3.63) is 48.0 Å². The van der Waals surface area contributed by atoms with E-state index in [1.54, 1.807) is 22.0 Å². The third-order valence-electron chi connectivity index (χ3n) is 4.17. The summed E-state index contributed by atoms with van der Waals surface area (Å²) in [5.41, 5.74) is -0.357. The molecule has 0 saturated carbocycles. The molecule has 0 bridgehead atoms. The number of benzene rings is 1. The molecule has 1 saturated heterocycles. The van der Waals surface area contributed by atoms with Gasteiger partial charge in [-0.2, -0.15) is 18.3 Å². The van der Waals surface area contributed by atoms with Crippen LogP contribution in [0.1, 0.15) is 30.0 Å². The second-order valence-corrected chi connectivity index (χ2v) is 5.89. The summed E-state index contributed by atoms with van der Waals surface area (Å²) in [4.78, 5) is 18.0. The van der Waals surface area contributed by atoms with E-state index in [2.05, 4.69) is 10.1 Å². The van der Waals surface area contributed by atoms with Gasteiger partial charge in [0.05, 0.1) is 18.0 Å². The lowest BCUT2D eigenvalue weighted by molar-refractivity contribution is -0.138. The summed E-state index contributed by atoms with van der Waals surface area (Å²) in [6, 6.07) is 4.99. The average Bonchev–Trinajstić information content (AvgIpc) is 3.09. The van der Waals surface area contributed by atoms with Gasteiger partial charge >= 0.3 is 6.18 Å². The second-order valence-electron chi connectivity index (χ2n) is 5.89. The largest absolute Gasteiger partial charge is 0.416 e. The van der Waals surface area contributed by atoms with Crippen LogP contribution in [0.25, 0.3) is 0 Å². The number of rotatable bonds is 3. The number of hydrogen-bond donors (Lipinski definition) is 0. The topological polar surface area (TPSA) is 51.0 Å². The van der Waals surface area contributed by atoms with E-state index in [-0.39, 0.29) is 18.4 Å². The van der Waals surface area contributed by atoms with Crippen molar-refractivity contribution in [2.24, 2.45) is 0 Å². The van der Waals surface area contributed by atoms with Crippen molar-refractivity contribution in [3.8, 4) is 0 Å². The first kappa shape index (κ1) is 16.5. The molecule has 0 aliphatic carbocycles. The third-order valence-corrected chi connectivity index (χ3v) is 4.17. The van der Waals surface area contributed by atoms with Gasteiger partial charge < -0.3 is 4.90 Å². The van der Waals surface area contributed by atoms with Crippen LogP contribution < -0.4 is 0 Å². The summed E-state index contributed by atoms with van der Waals surface area (Å²) in [5, 5.41) is 4.10. The Morgan fingerprint density at radius 3 is 2.88 bits per heavy atom. The number of carbonyl (C=O) groups excluding carboxylic acids is 1. The van der Waals surface area contributed by atoms with Gasteiger partial charge in [0.2, 0.25) is 5.91 Å². The van der Waals surface area contributed by atoms with Crippen LogP contribution in [0.5, 0.6) is 0 Å². The van der Waals surface area contributed by atoms with Gasteiger partial charge in [0.25, 0.3) is 0 Å². The summed E-state index contributed by atoms with van der Waals surface area (Å²) < 4.78 is 40.0. The van der Waals surface area contributed by atoms with Crippen LogP contribution in [0, 0.1) is 0 Å². The van der Waals surface area contributed by atoms with Crippen LogP contribution in [0.2, 0.25) is 0 Å². The molecule has 1 aliphatic heterocycles. The molecule has 1 amide bonds. The number of carbonyl (C=O) groups is 1. The first-order valence-electron chi connectivity index (χ1n) is 7.71. The van der Waals surface area contributed by atoms with Gasteiger partial charge in [0, 0.05) is 13.1 Å². The zero-order chi connectivity index (χ0) is 17.2. The minimum atomic E-state index is -4.40. The smallest absolute Gasteiger partial charge is 0.340 e. The molecule has 1 aromatic carbocycles. The molecule has 5 nitrogen and oxygen atoms in total. The van der Waals surface area contributed by atoms with Gasteiger partial charge in [-0.3, -0.25) is 4.79 Å². The van der Waals surface area contributed by atoms with Crippen LogP contribution >= 0.6 is 0 Å². The lowest BCUT2D eigenvalue weighted by Crippen LogP contribution is -2.41. The fraction of sp³-hybridized carbons (Fsp3) is 0.438. The molecule has 24 heavy (non-hydrogen) atoms. The maximum Gasteiger partial charge on any atom is 0.416 e. The SMILES string of the molecule is O=C(Cc1cccc(C(F)(F)F)c1)N1CCC[C@H](n2cncn2)C1. The highest BCUT2D eigenvalue weighted by Crippen LogP contribution is 2.30. The zero-order valence-electron chi connectivity index (χ0n) is 12.9. The van der Waals surface area contributed by atoms with Crippen LogP contribution in [0.15, 0.2) is 36.9 Å². The molecule has 1 atom stereocenters. The van der Waals surface area contributed by atoms with E-state index in [4.69, 9.17) is 0 Å². The predicted molar refractivity (Wildman–Crippen MR) is 80.0 cm³/mol. The Labute approximate surface area is 137 Å². The maximum absolute atomic E-state index is 12.8. The van der Waals surface area contributed by atoms with Gasteiger partial charge in [0.15, 0.2) is 0 Å². The molecule has 0 radical (unpaired) electrons. The molecule has 2 heterocycles. The van der Waals surface area contributed by atoms with Crippen molar-refractivity contribution < 1.29 is 18.0 Å². The summed E-state index contributed by atoms with van der Waals surface area (Å²) >= 11 is 0. The van der Waals surface area contributed by atoms with Gasteiger partial charge in [0.1, 0.15) is 12.7 Å². The number of halogens is 3. The summed E-state index contributed by atoms with van der Waals surface area (Å²) in [6.45, 7) is 1.12. The van der Waals surface area contributed by atoms with E-state index >= 15 is 0 Å². The summed E-state index contributed by atoms with van der Waals surface area (Å²) in [7, 11) is 0. The lowest BCUT2D eigenvalue weighted by atomic mass is 10.0. The minimum Gasteiger partial charge on any atom is -0.340 e. The number of alkyl halides is 3. The number of piperidine rings is 1. The average molecular weight is 338 g/mol. The first-order chi connectivity index (χ1) is 11.4. The Hall–Kier alpha value is -2.38. The van der Waals surface area contributed by atoms with Gasteiger partial charge in [-0.15, -0.1) is 0 Å². The Balaban J connectivity index is 1.66. The number of likely N-dealkylation sites (tertiary alicyclic amines) is 1. The number of nitrogens with zero attached hydrogens (tertiary/aromatic N) is 4. The van der Waals surface area contributed by atoms with E-state index in [9.17, 15) is 18.0 Å². The standard InChI is InChI=1S/C16H17F3N4O/c17-16(18,19)13-4-1-3-12(7-13)8-15(24)22-6-2-5-14(9-22)23-11-20-10-21-23/h1,3-4,7,10-11,14H,2,5-6,8-9H2/t14-/m0/s1. The van der Waals surface area contributed by atoms with Crippen LogP contribution in [0.4, 0.5) is 13.2 Å². The summed E-state index contributed by atoms with van der Waals surface area (Å²) in [5.74, 6) is -0.167. The Morgan fingerprint density at radius 2 is 2.17 bits per heavy atom. The molecule has 0 unspecified atom stereocenters. The Kier molecular flexibility index (Phi) is 4.55. The quantitative estimate of drug-likeness (QED) is 0.865. The molecular weight excluding hydrogens is 321 g/mol. The normalized spacial score (nSPS) is 18.6. The van der Waals surface area contributed by atoms with Gasteiger partial charge in [-0.1, -0.05) is 18.2 Å². The molecule has 3 rings (SSSR count). The van der Waals surface area contributed by atoms with Crippen molar-refractivity contribution in [2.45, 2.75) is 31.5 Å². The zero-order valence-corrected chi connectivity index (χ0v) is 12.9. The fourth-order valence-electron chi connectivity index (χ4n) is 2.95. The molecule has 1 aromatic heterocycles. The van der Waals surface area contributed by atoms with Crippen molar-refractivity contribution in [1.82, 2.24) is 19.7 Å². The highest BCUT2D eigenvalue weighted by atomic mass is 19.4. The van der Waals surface area contributed by atoms with E-state index < -0.39 is 11.7 Å². The Bertz CT molecular complexity index is 700. The van der Waals surface area contributed by atoms with Gasteiger partial charge in [-0.05, 0) is 24.5 Å². The lowest BCUT2D eigenvalue weighted by Gasteiger charge is -2.32. The van der Waals surface area contributed by atoms with Crippen molar-refractivity contribution >= 4 is 5.91 Å². The molecule has 128 valence electrons. The highest BCUT2D eigenvalue weighted by Gasteiger charge is 2.31. The van der Waals surface area contributed by atoms with E-state index in [1.165, 1.54) is 12.4 Å². The monoisotopic (exact) mass is 338 g/mol. The Morgan fingerprint density at radius 1 is 1.33 bits per heavy atom. The molecule has 0 N–H and O–H groups in total. The van der Waals surface area contributed by atoms with Crippen molar-refractivity contribution in [3.63, 3.8) is 0 Å². The second kappa shape index (κ2) is 6.62. The molecule has 1 aliphatic rings. The van der Waals surface area contributed by atoms with E-state index in [0.717, 1.165) is 25.0 Å². The number of aromatic nitrogens is 3. The summed E-state index contributed by atoms with van der Waals surface area (Å²) in [6.07, 6.45) is 0.362. The van der Waals surface area contributed by atoms with Crippen LogP contribution in [-0.4, -0.2) is 38.7 Å². The highest BCUT2D eigenvalue weighted by molar-refractivity contribution is 5.79. The number of hydrogen-bond acceptors (Lipinski definition) is 3. The van der Waals surface area contributed by atoms with E-state index in [1.807, 2.05) is 0 Å². The van der Waals surface area contributed by atoms with Crippen molar-refractivity contribution in [1.29, 1.82) is 0 Å². The van der Waals surface area contributed by atoms with Crippen molar-refractivity contribution in [2.75, 3.05) is 13.1 Å². The van der Waals surface area contributed by atoms with Crippen LogP contribution in [-0.2, 0) is 17.4 Å². The van der Waals surface area contributed by atoms with Crippen LogP contribution in [0.3, 0.4) is 0 Å². The third kappa shape index (κ3) is 3.74. The molecule has 8 heteroatoms. The van der Waals surface area contributed by atoms with E-state index in [0.29, 0.717) is 18.7 Å². The molecule has 0 spiro atoms. The maximum atomic E-state index is 12.8. The molecule has 1 fully saturated rings. The molecular formula is C16H17F3N4O. The number of amides is 1.